The molecule has 1 amide bonds. The van der Waals surface area contributed by atoms with E-state index in [9.17, 15) is 9.59 Å². The summed E-state index contributed by atoms with van der Waals surface area (Å²) in [7, 11) is 0. The molecule has 6 heteroatoms. The molecular formula is C25H28N3O3+. The van der Waals surface area contributed by atoms with Crippen molar-refractivity contribution < 1.29 is 14.1 Å². The van der Waals surface area contributed by atoms with Gasteiger partial charge in [-0.15, -0.1) is 0 Å². The molecule has 2 aliphatic rings. The lowest BCUT2D eigenvalue weighted by Gasteiger charge is -2.40. The summed E-state index contributed by atoms with van der Waals surface area (Å²) in [4.78, 5) is 27.0. The molecule has 2 aromatic heterocycles. The minimum absolute atomic E-state index is 0.111. The van der Waals surface area contributed by atoms with E-state index in [0.29, 0.717) is 17.5 Å². The van der Waals surface area contributed by atoms with E-state index in [2.05, 4.69) is 35.6 Å². The van der Waals surface area contributed by atoms with Crippen LogP contribution < -0.4 is 15.8 Å². The van der Waals surface area contributed by atoms with Crippen molar-refractivity contribution in [1.29, 1.82) is 0 Å². The van der Waals surface area contributed by atoms with E-state index in [1.54, 1.807) is 23.1 Å². The van der Waals surface area contributed by atoms with E-state index in [4.69, 9.17) is 4.42 Å². The number of fused-ring (bicyclic) bond motifs is 4. The molecule has 2 aliphatic heterocycles. The van der Waals surface area contributed by atoms with Crippen LogP contribution in [0.2, 0.25) is 0 Å². The molecule has 1 fully saturated rings. The first kappa shape index (κ1) is 19.8. The zero-order valence-corrected chi connectivity index (χ0v) is 17.5. The number of aromatic nitrogens is 1. The Morgan fingerprint density at radius 2 is 1.97 bits per heavy atom. The van der Waals surface area contributed by atoms with Crippen molar-refractivity contribution in [3.05, 3.63) is 88.2 Å². The highest BCUT2D eigenvalue weighted by molar-refractivity contribution is 6.02. The quantitative estimate of drug-likeness (QED) is 0.646. The van der Waals surface area contributed by atoms with Gasteiger partial charge in [0, 0.05) is 30.5 Å². The summed E-state index contributed by atoms with van der Waals surface area (Å²) < 4.78 is 7.02. The van der Waals surface area contributed by atoms with Gasteiger partial charge < -0.3 is 19.2 Å². The number of quaternary nitrogens is 1. The lowest BCUT2D eigenvalue weighted by Crippen LogP contribution is -3.14. The molecule has 4 heterocycles. The zero-order valence-electron chi connectivity index (χ0n) is 17.5. The van der Waals surface area contributed by atoms with Gasteiger partial charge in [-0.25, -0.2) is 0 Å². The molecule has 0 radical (unpaired) electrons. The topological polar surface area (TPSA) is 68.7 Å². The van der Waals surface area contributed by atoms with Crippen LogP contribution in [0.15, 0.2) is 70.1 Å². The van der Waals surface area contributed by atoms with Crippen molar-refractivity contribution in [2.75, 3.05) is 25.0 Å². The number of rotatable bonds is 6. The summed E-state index contributed by atoms with van der Waals surface area (Å²) in [5.74, 6) is 0.717. The third kappa shape index (κ3) is 4.21. The fraction of sp³-hybridized carbons (Fsp3) is 0.360. The van der Waals surface area contributed by atoms with Gasteiger partial charge in [0.25, 0.3) is 11.5 Å². The van der Waals surface area contributed by atoms with E-state index in [1.165, 1.54) is 24.8 Å². The van der Waals surface area contributed by atoms with Crippen molar-refractivity contribution in [3.8, 4) is 0 Å². The average molecular weight is 419 g/mol. The number of furan rings is 1. The lowest BCUT2D eigenvalue weighted by atomic mass is 9.83. The number of hydrogen-bond donors (Lipinski definition) is 2. The van der Waals surface area contributed by atoms with Gasteiger partial charge in [0.05, 0.1) is 25.9 Å². The molecule has 0 spiro atoms. The first-order valence-corrected chi connectivity index (χ1v) is 11.1. The molecule has 0 aliphatic carbocycles. The summed E-state index contributed by atoms with van der Waals surface area (Å²) in [6.07, 6.45) is 4.90. The second-order valence-electron chi connectivity index (χ2n) is 8.82. The number of amides is 1. The van der Waals surface area contributed by atoms with E-state index in [-0.39, 0.29) is 11.3 Å². The van der Waals surface area contributed by atoms with E-state index < -0.39 is 5.91 Å². The van der Waals surface area contributed by atoms with Gasteiger partial charge in [-0.3, -0.25) is 9.59 Å². The number of likely N-dealkylation sites (tertiary alicyclic amines) is 1. The molecular weight excluding hydrogens is 390 g/mol. The second kappa shape index (κ2) is 8.55. The molecule has 0 saturated carbocycles. The minimum atomic E-state index is -0.396. The number of piperidine rings is 1. The number of pyridine rings is 1. The molecule has 31 heavy (non-hydrogen) atoms. The summed E-state index contributed by atoms with van der Waals surface area (Å²) in [6, 6.07) is 17.7. The Labute approximate surface area is 181 Å². The second-order valence-corrected chi connectivity index (χ2v) is 8.82. The maximum Gasteiger partial charge on any atom is 0.291 e. The van der Waals surface area contributed by atoms with E-state index >= 15 is 0 Å². The number of hydrogen-bond acceptors (Lipinski definition) is 3. The molecule has 2 bridgehead atoms. The van der Waals surface area contributed by atoms with Crippen molar-refractivity contribution in [2.45, 2.75) is 31.7 Å². The van der Waals surface area contributed by atoms with Gasteiger partial charge in [0.2, 0.25) is 0 Å². The van der Waals surface area contributed by atoms with Crippen molar-refractivity contribution >= 4 is 11.6 Å². The lowest BCUT2D eigenvalue weighted by molar-refractivity contribution is -0.911. The molecule has 6 nitrogen and oxygen atoms in total. The van der Waals surface area contributed by atoms with Gasteiger partial charge in [0.1, 0.15) is 5.69 Å². The number of aryl methyl sites for hydroxylation is 1. The smallest absolute Gasteiger partial charge is 0.291 e. The minimum Gasteiger partial charge on any atom is -0.459 e. The number of nitrogens with one attached hydrogen (secondary N) is 2. The van der Waals surface area contributed by atoms with Gasteiger partial charge >= 0.3 is 0 Å². The third-order valence-corrected chi connectivity index (χ3v) is 6.63. The number of carbonyl (C=O) groups is 1. The molecule has 160 valence electrons. The highest BCUT2D eigenvalue weighted by Crippen LogP contribution is 2.31. The Kier molecular flexibility index (Phi) is 5.47. The van der Waals surface area contributed by atoms with Crippen LogP contribution in [0.3, 0.4) is 0 Å². The molecule has 3 atom stereocenters. The van der Waals surface area contributed by atoms with Crippen LogP contribution in [-0.2, 0) is 13.0 Å². The maximum absolute atomic E-state index is 13.1. The number of nitrogens with zero attached hydrogens (tertiary/aromatic N) is 1. The summed E-state index contributed by atoms with van der Waals surface area (Å²) >= 11 is 0. The van der Waals surface area contributed by atoms with Gasteiger partial charge in [-0.05, 0) is 42.7 Å². The van der Waals surface area contributed by atoms with Crippen molar-refractivity contribution in [3.63, 3.8) is 0 Å². The fourth-order valence-electron chi connectivity index (χ4n) is 5.25. The fourth-order valence-corrected chi connectivity index (χ4v) is 5.25. The maximum atomic E-state index is 13.1. The normalized spacial score (nSPS) is 22.0. The Morgan fingerprint density at radius 1 is 1.10 bits per heavy atom. The van der Waals surface area contributed by atoms with Crippen molar-refractivity contribution in [1.82, 2.24) is 4.57 Å². The largest absolute Gasteiger partial charge is 0.459 e. The monoisotopic (exact) mass is 418 g/mol. The van der Waals surface area contributed by atoms with Crippen LogP contribution in [0, 0.1) is 5.92 Å². The zero-order chi connectivity index (χ0) is 21.2. The predicted octanol–water partition coefficient (Wildman–Crippen LogP) is 2.33. The highest BCUT2D eigenvalue weighted by atomic mass is 16.3. The molecule has 5 rings (SSSR count). The van der Waals surface area contributed by atoms with Crippen LogP contribution in [-0.4, -0.2) is 30.1 Å². The highest BCUT2D eigenvalue weighted by Gasteiger charge is 2.37. The van der Waals surface area contributed by atoms with Crippen LogP contribution in [0.4, 0.5) is 5.69 Å². The molecule has 1 unspecified atom stereocenters. The molecule has 1 saturated heterocycles. The Morgan fingerprint density at radius 3 is 2.77 bits per heavy atom. The van der Waals surface area contributed by atoms with Gasteiger partial charge in [0.15, 0.2) is 5.76 Å². The number of anilines is 1. The van der Waals surface area contributed by atoms with E-state index in [0.717, 1.165) is 38.2 Å². The average Bonchev–Trinajstić information content (AvgIpc) is 3.32. The number of carbonyl (C=O) groups excluding carboxylic acids is 1. The van der Waals surface area contributed by atoms with Crippen LogP contribution >= 0.6 is 0 Å². The summed E-state index contributed by atoms with van der Waals surface area (Å²) in [6.45, 7) is 4.09. The summed E-state index contributed by atoms with van der Waals surface area (Å²) in [5, 5.41) is 2.71. The van der Waals surface area contributed by atoms with Gasteiger partial charge in [-0.2, -0.15) is 0 Å². The number of benzene rings is 1. The standard InChI is InChI=1S/C25H27N3O3/c29-24(23-9-5-13-31-23)26-21-10-11-22-20-14-19(16-28(22)25(21)30)15-27(17-20)12-4-8-18-6-2-1-3-7-18/h1-3,5-7,9-11,13,19-20H,4,8,12,14-17H2,(H,26,29)/p+1/t19-,20+/m0/s1. The Bertz CT molecular complexity index is 1100. The SMILES string of the molecule is O=C(Nc1ccc2n(c1=O)C[C@H]1C[C@@H]2C[NH+](CCCc2ccccc2)C1)c1ccco1. The first-order chi connectivity index (χ1) is 15.2. The Balaban J connectivity index is 1.26. The van der Waals surface area contributed by atoms with Crippen LogP contribution in [0.1, 0.15) is 40.6 Å². The van der Waals surface area contributed by atoms with Gasteiger partial charge in [-0.1, -0.05) is 30.3 Å². The van der Waals surface area contributed by atoms with Crippen molar-refractivity contribution in [2.24, 2.45) is 5.92 Å². The first-order valence-electron chi connectivity index (χ1n) is 11.1. The van der Waals surface area contributed by atoms with Crippen LogP contribution in [0.5, 0.6) is 0 Å². The van der Waals surface area contributed by atoms with E-state index in [1.807, 2.05) is 10.6 Å². The third-order valence-electron chi connectivity index (χ3n) is 6.63. The predicted molar refractivity (Wildman–Crippen MR) is 119 cm³/mol. The molecule has 3 aromatic rings. The molecule has 2 N–H and O–H groups in total. The Hall–Kier alpha value is -3.12. The van der Waals surface area contributed by atoms with Crippen LogP contribution in [0.25, 0.3) is 0 Å². The summed E-state index contributed by atoms with van der Waals surface area (Å²) in [5.41, 5.74) is 2.72. The molecule has 1 aromatic carbocycles.